The highest BCUT2D eigenvalue weighted by atomic mass is 16.3. The molecule has 1 aromatic heterocycles. The summed E-state index contributed by atoms with van der Waals surface area (Å²) in [5.41, 5.74) is 0. The molecule has 1 saturated heterocycles. The minimum Gasteiger partial charge on any atom is -0.468 e. The first-order chi connectivity index (χ1) is 8.38. The maximum absolute atomic E-state index is 5.34. The quantitative estimate of drug-likeness (QED) is 0.852. The second-order valence-corrected chi connectivity index (χ2v) is 4.93. The molecule has 1 atom stereocenters. The fourth-order valence-corrected chi connectivity index (χ4v) is 2.56. The summed E-state index contributed by atoms with van der Waals surface area (Å²) in [5, 5.41) is 3.61. The van der Waals surface area contributed by atoms with Crippen LogP contribution in [0.4, 0.5) is 0 Å². The molecule has 1 N–H and O–H groups in total. The summed E-state index contributed by atoms with van der Waals surface area (Å²) in [6.07, 6.45) is 6.88. The largest absolute Gasteiger partial charge is 0.468 e. The van der Waals surface area contributed by atoms with Gasteiger partial charge in [-0.05, 0) is 57.5 Å². The minimum atomic E-state index is 0.655. The highest BCUT2D eigenvalue weighted by Crippen LogP contribution is 2.12. The number of nitrogens with zero attached hydrogens (tertiary/aromatic N) is 1. The molecule has 17 heavy (non-hydrogen) atoms. The molecule has 1 aliphatic rings. The Morgan fingerprint density at radius 1 is 1.41 bits per heavy atom. The fourth-order valence-electron chi connectivity index (χ4n) is 2.56. The van der Waals surface area contributed by atoms with Crippen molar-refractivity contribution in [1.29, 1.82) is 0 Å². The first-order valence-corrected chi connectivity index (χ1v) is 6.86. The van der Waals surface area contributed by atoms with Crippen molar-refractivity contribution >= 4 is 0 Å². The number of furan rings is 1. The maximum atomic E-state index is 5.34. The molecule has 3 heteroatoms. The van der Waals surface area contributed by atoms with Crippen molar-refractivity contribution in [3.8, 4) is 0 Å². The molecular weight excluding hydrogens is 212 g/mol. The molecule has 0 bridgehead atoms. The van der Waals surface area contributed by atoms with Crippen molar-refractivity contribution in [2.45, 2.75) is 45.2 Å². The first kappa shape index (κ1) is 12.7. The average molecular weight is 236 g/mol. The molecule has 1 unspecified atom stereocenters. The van der Waals surface area contributed by atoms with E-state index < -0.39 is 0 Å². The lowest BCUT2D eigenvalue weighted by Gasteiger charge is -2.19. The molecule has 96 valence electrons. The summed E-state index contributed by atoms with van der Waals surface area (Å²) < 4.78 is 5.34. The minimum absolute atomic E-state index is 0.655. The number of likely N-dealkylation sites (tertiary alicyclic amines) is 1. The van der Waals surface area contributed by atoms with E-state index in [1.54, 1.807) is 6.26 Å². The molecule has 1 aliphatic heterocycles. The zero-order chi connectivity index (χ0) is 11.9. The zero-order valence-electron chi connectivity index (χ0n) is 10.8. The molecular formula is C14H24N2O. The lowest BCUT2D eigenvalue weighted by molar-refractivity contribution is 0.282. The number of nitrogens with one attached hydrogen (secondary N) is 1. The van der Waals surface area contributed by atoms with Crippen LogP contribution in [0.25, 0.3) is 0 Å². The molecule has 0 spiro atoms. The predicted molar refractivity (Wildman–Crippen MR) is 69.9 cm³/mol. The monoisotopic (exact) mass is 236 g/mol. The van der Waals surface area contributed by atoms with E-state index in [4.69, 9.17) is 4.42 Å². The van der Waals surface area contributed by atoms with Crippen molar-refractivity contribution in [2.75, 3.05) is 19.6 Å². The van der Waals surface area contributed by atoms with Gasteiger partial charge in [-0.1, -0.05) is 6.92 Å². The summed E-state index contributed by atoms with van der Waals surface area (Å²) in [7, 11) is 0. The van der Waals surface area contributed by atoms with E-state index in [2.05, 4.69) is 17.1 Å². The smallest absolute Gasteiger partial charge is 0.117 e. The summed E-state index contributed by atoms with van der Waals surface area (Å²) in [6, 6.07) is 4.64. The molecule has 3 nitrogen and oxygen atoms in total. The summed E-state index contributed by atoms with van der Waals surface area (Å²) >= 11 is 0. The van der Waals surface area contributed by atoms with Gasteiger partial charge in [0.05, 0.1) is 12.8 Å². The van der Waals surface area contributed by atoms with E-state index in [1.165, 1.54) is 45.3 Å². The lowest BCUT2D eigenvalue weighted by Crippen LogP contribution is -2.30. The SMILES string of the molecule is CCCN1CCCC(NCc2ccco2)CC1. The molecule has 0 radical (unpaired) electrons. The van der Waals surface area contributed by atoms with Crippen LogP contribution in [-0.2, 0) is 6.54 Å². The molecule has 0 saturated carbocycles. The third kappa shape index (κ3) is 4.17. The molecule has 0 aliphatic carbocycles. The van der Waals surface area contributed by atoms with Gasteiger partial charge in [-0.2, -0.15) is 0 Å². The van der Waals surface area contributed by atoms with Gasteiger partial charge in [-0.15, -0.1) is 0 Å². The van der Waals surface area contributed by atoms with Crippen LogP contribution in [0.1, 0.15) is 38.4 Å². The van der Waals surface area contributed by atoms with E-state index in [1.807, 2.05) is 12.1 Å². The Bertz CT molecular complexity index is 297. The van der Waals surface area contributed by atoms with E-state index >= 15 is 0 Å². The molecule has 2 heterocycles. The van der Waals surface area contributed by atoms with Crippen molar-refractivity contribution in [2.24, 2.45) is 0 Å². The normalized spacial score (nSPS) is 22.5. The van der Waals surface area contributed by atoms with Gasteiger partial charge in [0.15, 0.2) is 0 Å². The van der Waals surface area contributed by atoms with E-state index in [-0.39, 0.29) is 0 Å². The van der Waals surface area contributed by atoms with Crippen molar-refractivity contribution in [3.63, 3.8) is 0 Å². The maximum Gasteiger partial charge on any atom is 0.117 e. The second-order valence-electron chi connectivity index (χ2n) is 4.93. The van der Waals surface area contributed by atoms with Crippen LogP contribution in [0.3, 0.4) is 0 Å². The van der Waals surface area contributed by atoms with Gasteiger partial charge in [0.2, 0.25) is 0 Å². The van der Waals surface area contributed by atoms with Crippen LogP contribution in [0.5, 0.6) is 0 Å². The highest BCUT2D eigenvalue weighted by molar-refractivity contribution is 4.97. The van der Waals surface area contributed by atoms with Crippen LogP contribution >= 0.6 is 0 Å². The van der Waals surface area contributed by atoms with Gasteiger partial charge in [-0.25, -0.2) is 0 Å². The van der Waals surface area contributed by atoms with Gasteiger partial charge >= 0.3 is 0 Å². The second kappa shape index (κ2) is 6.82. The number of hydrogen-bond donors (Lipinski definition) is 1. The standard InChI is InChI=1S/C14H24N2O/c1-2-8-16-9-3-5-13(7-10-16)15-12-14-6-4-11-17-14/h4,6,11,13,15H,2-3,5,7-10,12H2,1H3. The summed E-state index contributed by atoms with van der Waals surface area (Å²) in [6.45, 7) is 6.89. The molecule has 2 rings (SSSR count). The Hall–Kier alpha value is -0.800. The number of rotatable bonds is 5. The van der Waals surface area contributed by atoms with E-state index in [9.17, 15) is 0 Å². The van der Waals surface area contributed by atoms with E-state index in [0.29, 0.717) is 6.04 Å². The topological polar surface area (TPSA) is 28.4 Å². The van der Waals surface area contributed by atoms with Gasteiger partial charge in [0.1, 0.15) is 5.76 Å². The van der Waals surface area contributed by atoms with Gasteiger partial charge in [0, 0.05) is 6.04 Å². The number of hydrogen-bond acceptors (Lipinski definition) is 3. The Morgan fingerprint density at radius 3 is 3.12 bits per heavy atom. The Labute approximate surface area is 104 Å². The van der Waals surface area contributed by atoms with Crippen molar-refractivity contribution in [3.05, 3.63) is 24.2 Å². The molecule has 0 aromatic carbocycles. The summed E-state index contributed by atoms with van der Waals surface area (Å²) in [5.74, 6) is 1.04. The highest BCUT2D eigenvalue weighted by Gasteiger charge is 2.16. The first-order valence-electron chi connectivity index (χ1n) is 6.86. The van der Waals surface area contributed by atoms with Crippen LogP contribution < -0.4 is 5.32 Å². The Kier molecular flexibility index (Phi) is 5.08. The van der Waals surface area contributed by atoms with Gasteiger partial charge in [0.25, 0.3) is 0 Å². The van der Waals surface area contributed by atoms with Crippen LogP contribution in [0.15, 0.2) is 22.8 Å². The Morgan fingerprint density at radius 2 is 2.35 bits per heavy atom. The van der Waals surface area contributed by atoms with E-state index in [0.717, 1.165) is 12.3 Å². The van der Waals surface area contributed by atoms with Crippen LogP contribution in [0, 0.1) is 0 Å². The average Bonchev–Trinajstić information content (AvgIpc) is 2.75. The fraction of sp³-hybridized carbons (Fsp3) is 0.714. The van der Waals surface area contributed by atoms with Crippen molar-refractivity contribution < 1.29 is 4.42 Å². The third-order valence-electron chi connectivity index (χ3n) is 3.51. The summed E-state index contributed by atoms with van der Waals surface area (Å²) in [4.78, 5) is 2.59. The lowest BCUT2D eigenvalue weighted by atomic mass is 10.1. The molecule has 0 amide bonds. The van der Waals surface area contributed by atoms with Gasteiger partial charge in [-0.3, -0.25) is 0 Å². The van der Waals surface area contributed by atoms with Crippen molar-refractivity contribution in [1.82, 2.24) is 10.2 Å². The van der Waals surface area contributed by atoms with Gasteiger partial charge < -0.3 is 14.6 Å². The van der Waals surface area contributed by atoms with Crippen LogP contribution in [0.2, 0.25) is 0 Å². The predicted octanol–water partition coefficient (Wildman–Crippen LogP) is 2.63. The Balaban J connectivity index is 1.71. The third-order valence-corrected chi connectivity index (χ3v) is 3.51. The molecule has 1 fully saturated rings. The van der Waals surface area contributed by atoms with Crippen LogP contribution in [-0.4, -0.2) is 30.6 Å². The zero-order valence-corrected chi connectivity index (χ0v) is 10.8. The molecule has 1 aromatic rings.